The van der Waals surface area contributed by atoms with Crippen LogP contribution in [0.4, 0.5) is 34.1 Å². The third-order valence-electron chi connectivity index (χ3n) is 11.7. The summed E-state index contributed by atoms with van der Waals surface area (Å²) in [6.07, 6.45) is 0. The number of anilines is 6. The van der Waals surface area contributed by atoms with Crippen molar-refractivity contribution < 1.29 is 0 Å². The molecule has 0 radical (unpaired) electrons. The van der Waals surface area contributed by atoms with E-state index in [9.17, 15) is 0 Å². The lowest BCUT2D eigenvalue weighted by Gasteiger charge is -2.26. The van der Waals surface area contributed by atoms with Gasteiger partial charge in [0.25, 0.3) is 0 Å². The molecule has 0 spiro atoms. The SMILES string of the molecule is Cc1ccc(N(c2ccccc2)c2ccc(-c3ccc(-c4cc5ccc6cc(N(c7ccccc7)c7ccccc7)cc7c6c5c(c4)n7-c4ccccc4)cc3)cc2)cc1. The lowest BCUT2D eigenvalue weighted by Crippen LogP contribution is -2.10. The molecule has 0 aliphatic rings. The number of aromatic nitrogens is 1. The second-order valence-electron chi connectivity index (χ2n) is 15.5. The van der Waals surface area contributed by atoms with Gasteiger partial charge in [-0.15, -0.1) is 0 Å². The second-order valence-corrected chi connectivity index (χ2v) is 15.5. The maximum absolute atomic E-state index is 2.46. The van der Waals surface area contributed by atoms with E-state index in [1.54, 1.807) is 0 Å². The highest BCUT2D eigenvalue weighted by Crippen LogP contribution is 2.45. The van der Waals surface area contributed by atoms with Crippen molar-refractivity contribution in [3.05, 3.63) is 236 Å². The molecule has 60 heavy (non-hydrogen) atoms. The molecule has 284 valence electrons. The van der Waals surface area contributed by atoms with Crippen LogP contribution in [-0.2, 0) is 0 Å². The van der Waals surface area contributed by atoms with Crippen molar-refractivity contribution in [2.45, 2.75) is 6.92 Å². The fourth-order valence-corrected chi connectivity index (χ4v) is 8.88. The summed E-state index contributed by atoms with van der Waals surface area (Å²) in [5, 5.41) is 5.04. The lowest BCUT2D eigenvalue weighted by atomic mass is 9.95. The Morgan fingerprint density at radius 1 is 0.300 bits per heavy atom. The molecule has 0 aliphatic heterocycles. The van der Waals surface area contributed by atoms with Gasteiger partial charge in [-0.3, -0.25) is 0 Å². The first-order valence-corrected chi connectivity index (χ1v) is 20.6. The van der Waals surface area contributed by atoms with Gasteiger partial charge in [0.15, 0.2) is 0 Å². The van der Waals surface area contributed by atoms with Crippen molar-refractivity contribution in [3.8, 4) is 27.9 Å². The molecule has 0 atom stereocenters. The van der Waals surface area contributed by atoms with Crippen LogP contribution in [0.25, 0.3) is 60.5 Å². The molecule has 11 rings (SSSR count). The average molecular weight is 768 g/mol. The molecular formula is C57H41N3. The number of benzene rings is 10. The predicted molar refractivity (Wildman–Crippen MR) is 254 cm³/mol. The minimum absolute atomic E-state index is 1.12. The van der Waals surface area contributed by atoms with Crippen LogP contribution in [0.1, 0.15) is 5.56 Å². The van der Waals surface area contributed by atoms with E-state index in [1.165, 1.54) is 60.4 Å². The molecule has 0 bridgehead atoms. The van der Waals surface area contributed by atoms with Gasteiger partial charge >= 0.3 is 0 Å². The zero-order valence-electron chi connectivity index (χ0n) is 33.3. The van der Waals surface area contributed by atoms with Crippen molar-refractivity contribution in [3.63, 3.8) is 0 Å². The number of hydrogen-bond donors (Lipinski definition) is 0. The number of hydrogen-bond acceptors (Lipinski definition) is 2. The minimum atomic E-state index is 1.12. The Balaban J connectivity index is 0.996. The van der Waals surface area contributed by atoms with E-state index in [1.807, 2.05) is 0 Å². The molecule has 0 fully saturated rings. The first-order valence-electron chi connectivity index (χ1n) is 20.6. The highest BCUT2D eigenvalue weighted by molar-refractivity contribution is 6.26. The minimum Gasteiger partial charge on any atom is -0.311 e. The van der Waals surface area contributed by atoms with Gasteiger partial charge in [-0.1, -0.05) is 139 Å². The van der Waals surface area contributed by atoms with Crippen molar-refractivity contribution >= 4 is 66.7 Å². The Morgan fingerprint density at radius 2 is 0.683 bits per heavy atom. The molecule has 0 unspecified atom stereocenters. The molecule has 0 amide bonds. The number of nitrogens with zero attached hydrogens (tertiary/aromatic N) is 3. The third kappa shape index (κ3) is 6.25. The molecule has 0 saturated carbocycles. The monoisotopic (exact) mass is 767 g/mol. The van der Waals surface area contributed by atoms with Crippen LogP contribution in [0.5, 0.6) is 0 Å². The van der Waals surface area contributed by atoms with Gasteiger partial charge in [0.1, 0.15) is 0 Å². The fourth-order valence-electron chi connectivity index (χ4n) is 8.88. The topological polar surface area (TPSA) is 11.4 Å². The van der Waals surface area contributed by atoms with Gasteiger partial charge < -0.3 is 14.4 Å². The smallest absolute Gasteiger partial charge is 0.0568 e. The highest BCUT2D eigenvalue weighted by Gasteiger charge is 2.22. The third-order valence-corrected chi connectivity index (χ3v) is 11.7. The zero-order valence-corrected chi connectivity index (χ0v) is 33.3. The molecule has 1 heterocycles. The predicted octanol–water partition coefficient (Wildman–Crippen LogP) is 16.0. The van der Waals surface area contributed by atoms with Crippen molar-refractivity contribution in [2.24, 2.45) is 0 Å². The van der Waals surface area contributed by atoms with Crippen LogP contribution < -0.4 is 9.80 Å². The first kappa shape index (κ1) is 35.3. The van der Waals surface area contributed by atoms with E-state index in [2.05, 4.69) is 252 Å². The second kappa shape index (κ2) is 14.8. The van der Waals surface area contributed by atoms with E-state index >= 15 is 0 Å². The maximum atomic E-state index is 2.46. The molecule has 0 saturated heterocycles. The van der Waals surface area contributed by atoms with E-state index < -0.39 is 0 Å². The maximum Gasteiger partial charge on any atom is 0.0568 e. The highest BCUT2D eigenvalue weighted by atomic mass is 15.1. The van der Waals surface area contributed by atoms with Crippen LogP contribution in [0, 0.1) is 6.92 Å². The van der Waals surface area contributed by atoms with Gasteiger partial charge in [-0.2, -0.15) is 0 Å². The zero-order chi connectivity index (χ0) is 40.0. The van der Waals surface area contributed by atoms with E-state index in [-0.39, 0.29) is 0 Å². The number of para-hydroxylation sites is 4. The Kier molecular flexibility index (Phi) is 8.71. The van der Waals surface area contributed by atoms with E-state index in [4.69, 9.17) is 0 Å². The summed E-state index contributed by atoms with van der Waals surface area (Å²) in [4.78, 5) is 4.67. The Labute approximate surface area is 350 Å². The summed E-state index contributed by atoms with van der Waals surface area (Å²) in [6.45, 7) is 2.13. The Morgan fingerprint density at radius 3 is 1.20 bits per heavy atom. The summed E-state index contributed by atoms with van der Waals surface area (Å²) in [5.74, 6) is 0. The molecule has 0 N–H and O–H groups in total. The molecular weight excluding hydrogens is 727 g/mol. The van der Waals surface area contributed by atoms with Crippen molar-refractivity contribution in [2.75, 3.05) is 9.80 Å². The standard InChI is InChI=1S/C57H41N3/c1-40-22-32-51(33-23-40)58(47-14-6-2-7-15-47)52-34-30-42(31-35-52)41-24-26-43(27-25-41)46-36-44-28-29-45-37-53(59(48-16-8-3-9-17-48)49-18-10-4-11-19-49)39-55-57(45)56(44)54(38-46)60(55)50-20-12-5-13-21-50/h2-39H,1H3. The summed E-state index contributed by atoms with van der Waals surface area (Å²) in [5.41, 5.74) is 16.3. The summed E-state index contributed by atoms with van der Waals surface area (Å²) in [7, 11) is 0. The Hall–Kier alpha value is -7.88. The van der Waals surface area contributed by atoms with E-state index in [0.29, 0.717) is 0 Å². The molecule has 10 aromatic carbocycles. The normalized spacial score (nSPS) is 11.4. The number of aryl methyl sites for hydroxylation is 1. The van der Waals surface area contributed by atoms with Gasteiger partial charge in [-0.25, -0.2) is 0 Å². The summed E-state index contributed by atoms with van der Waals surface area (Å²) in [6, 6.07) is 83.4. The largest absolute Gasteiger partial charge is 0.311 e. The van der Waals surface area contributed by atoms with Crippen LogP contribution in [0.2, 0.25) is 0 Å². The van der Waals surface area contributed by atoms with E-state index in [0.717, 1.165) is 39.8 Å². The lowest BCUT2D eigenvalue weighted by molar-refractivity contribution is 1.18. The van der Waals surface area contributed by atoms with Crippen LogP contribution >= 0.6 is 0 Å². The summed E-state index contributed by atoms with van der Waals surface area (Å²) >= 11 is 0. The van der Waals surface area contributed by atoms with Gasteiger partial charge in [-0.05, 0) is 137 Å². The van der Waals surface area contributed by atoms with Gasteiger partial charge in [0.05, 0.1) is 11.0 Å². The molecule has 11 aromatic rings. The Bertz CT molecular complexity index is 3170. The molecule has 3 heteroatoms. The fraction of sp³-hybridized carbons (Fsp3) is 0.0175. The molecule has 1 aromatic heterocycles. The van der Waals surface area contributed by atoms with Crippen LogP contribution in [0.3, 0.4) is 0 Å². The van der Waals surface area contributed by atoms with Crippen LogP contribution in [-0.4, -0.2) is 4.57 Å². The molecule has 3 nitrogen and oxygen atoms in total. The average Bonchev–Trinajstić information content (AvgIpc) is 3.65. The van der Waals surface area contributed by atoms with Gasteiger partial charge in [0.2, 0.25) is 0 Å². The molecule has 0 aliphatic carbocycles. The first-order chi connectivity index (χ1) is 29.7. The summed E-state index contributed by atoms with van der Waals surface area (Å²) < 4.78 is 2.46. The van der Waals surface area contributed by atoms with Crippen molar-refractivity contribution in [1.82, 2.24) is 4.57 Å². The van der Waals surface area contributed by atoms with Crippen LogP contribution in [0.15, 0.2) is 231 Å². The number of rotatable bonds is 9. The van der Waals surface area contributed by atoms with Gasteiger partial charge in [0, 0.05) is 50.6 Å². The quantitative estimate of drug-likeness (QED) is 0.136. The van der Waals surface area contributed by atoms with Crippen molar-refractivity contribution in [1.29, 1.82) is 0 Å².